The summed E-state index contributed by atoms with van der Waals surface area (Å²) < 4.78 is 12.6. The van der Waals surface area contributed by atoms with Crippen LogP contribution in [0.3, 0.4) is 0 Å². The van der Waals surface area contributed by atoms with E-state index in [1.54, 1.807) is 13.8 Å². The summed E-state index contributed by atoms with van der Waals surface area (Å²) in [5.41, 5.74) is -0.806. The van der Waals surface area contributed by atoms with Crippen molar-refractivity contribution in [1.82, 2.24) is 19.6 Å². The Bertz CT molecular complexity index is 1690. The molecule has 2 heterocycles. The minimum Gasteiger partial charge on any atom is -0.461 e. The van der Waals surface area contributed by atoms with Crippen molar-refractivity contribution in [3.8, 4) is 0 Å². The summed E-state index contributed by atoms with van der Waals surface area (Å²) in [6.07, 6.45) is 4.65. The molecule has 0 spiro atoms. The molecular weight excluding hydrogens is 689 g/mol. The summed E-state index contributed by atoms with van der Waals surface area (Å²) >= 11 is 37.9. The van der Waals surface area contributed by atoms with Gasteiger partial charge < -0.3 is 14.6 Å². The Morgan fingerprint density at radius 1 is 0.977 bits per heavy atom. The van der Waals surface area contributed by atoms with Crippen LogP contribution in [0, 0.1) is 0 Å². The van der Waals surface area contributed by atoms with Crippen LogP contribution < -0.4 is 11.1 Å². The Morgan fingerprint density at radius 2 is 1.53 bits per heavy atom. The molecule has 0 aromatic carbocycles. The van der Waals surface area contributed by atoms with Gasteiger partial charge in [-0.25, -0.2) is 14.2 Å². The molecule has 3 N–H and O–H groups in total. The molecule has 2 aromatic rings. The Kier molecular flexibility index (Phi) is 11.2. The molecule has 2 aliphatic rings. The van der Waals surface area contributed by atoms with E-state index >= 15 is 0 Å². The van der Waals surface area contributed by atoms with E-state index in [-0.39, 0.29) is 76.4 Å². The van der Waals surface area contributed by atoms with Gasteiger partial charge in [0.1, 0.15) is 11.4 Å². The van der Waals surface area contributed by atoms with Gasteiger partial charge in [-0.1, -0.05) is 58.6 Å². The third-order valence-corrected chi connectivity index (χ3v) is 8.33. The fourth-order valence-electron chi connectivity index (χ4n) is 4.59. The molecule has 0 fully saturated rings. The van der Waals surface area contributed by atoms with Gasteiger partial charge in [0.05, 0.1) is 49.9 Å². The number of carbonyl (C=O) groups excluding carboxylic acids is 1. The molecule has 0 radical (unpaired) electrons. The molecular formula is C27H26Cl6N4O6. The number of rotatable bonds is 10. The van der Waals surface area contributed by atoms with Crippen molar-refractivity contribution in [2.45, 2.75) is 50.2 Å². The zero-order valence-electron chi connectivity index (χ0n) is 22.7. The molecule has 3 atom stereocenters. The van der Waals surface area contributed by atoms with Crippen LogP contribution in [-0.2, 0) is 15.9 Å². The smallest absolute Gasteiger partial charge is 0.356 e. The highest BCUT2D eigenvalue weighted by Crippen LogP contribution is 2.36. The van der Waals surface area contributed by atoms with Crippen LogP contribution in [0.15, 0.2) is 47.9 Å². The molecule has 4 rings (SSSR count). The van der Waals surface area contributed by atoms with Crippen molar-refractivity contribution in [1.29, 1.82) is 0 Å². The number of esters is 1. The van der Waals surface area contributed by atoms with E-state index in [1.807, 2.05) is 0 Å². The van der Waals surface area contributed by atoms with Crippen LogP contribution in [0.25, 0.3) is 17.5 Å². The van der Waals surface area contributed by atoms with E-state index in [2.05, 4.69) is 10.2 Å². The van der Waals surface area contributed by atoms with E-state index in [0.29, 0.717) is 10.1 Å². The zero-order chi connectivity index (χ0) is 31.6. The minimum atomic E-state index is -1.50. The third-order valence-electron chi connectivity index (χ3n) is 6.48. The lowest BCUT2D eigenvalue weighted by atomic mass is 10.1. The van der Waals surface area contributed by atoms with E-state index in [9.17, 15) is 19.5 Å². The Hall–Kier alpha value is -2.15. The van der Waals surface area contributed by atoms with E-state index in [0.717, 1.165) is 9.36 Å². The summed E-state index contributed by atoms with van der Waals surface area (Å²) in [4.78, 5) is 39.9. The number of aromatic nitrogens is 4. The molecule has 3 unspecified atom stereocenters. The van der Waals surface area contributed by atoms with Gasteiger partial charge in [-0.2, -0.15) is 0 Å². The molecule has 2 aromatic heterocycles. The summed E-state index contributed by atoms with van der Waals surface area (Å²) in [5.74, 6) is -0.774. The van der Waals surface area contributed by atoms with Crippen molar-refractivity contribution in [2.24, 2.45) is 0 Å². The molecule has 0 saturated carbocycles. The predicted octanol–water partition coefficient (Wildman–Crippen LogP) is 6.21. The molecule has 43 heavy (non-hydrogen) atoms. The largest absolute Gasteiger partial charge is 0.461 e. The van der Waals surface area contributed by atoms with Gasteiger partial charge in [0.25, 0.3) is 11.1 Å². The standard InChI is InChI=1S/C27H26Cl6N4O6/c1-3-42-26(40)20-14(24(38)36(34-20)22-16(30)8-12(28)9-17(22)31)6-5-7-15-21(27(41)43-4-2)35-37(25(15)39)23-18(32)10-13(29)11-19(23)33/h5-6,8,10,17,19,26,34-35,40H,3-4,7,9,11H2,1-2H3. The van der Waals surface area contributed by atoms with Crippen LogP contribution in [0.4, 0.5) is 0 Å². The molecule has 232 valence electrons. The molecule has 10 nitrogen and oxygen atoms in total. The van der Waals surface area contributed by atoms with Gasteiger partial charge in [-0.15, -0.1) is 23.2 Å². The number of hydrogen-bond acceptors (Lipinski definition) is 6. The number of aliphatic hydroxyl groups excluding tert-OH is 1. The average Bonchev–Trinajstić information content (AvgIpc) is 3.40. The van der Waals surface area contributed by atoms with Crippen LogP contribution in [0.2, 0.25) is 0 Å². The van der Waals surface area contributed by atoms with Gasteiger partial charge in [-0.05, 0) is 32.4 Å². The fraction of sp³-hybridized carbons (Fsp3) is 0.370. The zero-order valence-corrected chi connectivity index (χ0v) is 27.3. The quantitative estimate of drug-likeness (QED) is 0.153. The highest BCUT2D eigenvalue weighted by Gasteiger charge is 2.30. The monoisotopic (exact) mass is 712 g/mol. The first-order valence-corrected chi connectivity index (χ1v) is 15.4. The van der Waals surface area contributed by atoms with Gasteiger partial charge in [0.2, 0.25) is 0 Å². The first-order chi connectivity index (χ1) is 20.4. The van der Waals surface area contributed by atoms with Gasteiger partial charge in [0, 0.05) is 29.5 Å². The molecule has 0 bridgehead atoms. The molecule has 0 saturated heterocycles. The number of nitrogens with one attached hydrogen (secondary N) is 2. The molecule has 16 heteroatoms. The highest BCUT2D eigenvalue weighted by atomic mass is 35.5. The van der Waals surface area contributed by atoms with Crippen molar-refractivity contribution in [2.75, 3.05) is 13.2 Å². The lowest BCUT2D eigenvalue weighted by molar-refractivity contribution is -0.101. The van der Waals surface area contributed by atoms with Crippen molar-refractivity contribution in [3.63, 3.8) is 0 Å². The second-order valence-electron chi connectivity index (χ2n) is 9.31. The van der Waals surface area contributed by atoms with E-state index in [4.69, 9.17) is 79.1 Å². The van der Waals surface area contributed by atoms with Crippen molar-refractivity contribution >= 4 is 93.0 Å². The topological polar surface area (TPSA) is 131 Å². The van der Waals surface area contributed by atoms with E-state index in [1.165, 1.54) is 24.3 Å². The minimum absolute atomic E-state index is 0.00890. The average molecular weight is 715 g/mol. The van der Waals surface area contributed by atoms with Crippen molar-refractivity contribution in [3.05, 3.63) is 81.6 Å². The van der Waals surface area contributed by atoms with Crippen LogP contribution in [0.5, 0.6) is 0 Å². The molecule has 0 amide bonds. The number of hydrogen-bond donors (Lipinski definition) is 3. The van der Waals surface area contributed by atoms with Gasteiger partial charge in [0.15, 0.2) is 6.29 Å². The third kappa shape index (κ3) is 7.07. The van der Waals surface area contributed by atoms with Crippen LogP contribution >= 0.6 is 69.6 Å². The number of carbonyl (C=O) groups is 1. The second-order valence-corrected chi connectivity index (χ2v) is 12.2. The summed E-state index contributed by atoms with van der Waals surface area (Å²) in [7, 11) is 0. The highest BCUT2D eigenvalue weighted by molar-refractivity contribution is 6.40. The Labute approximate surface area is 275 Å². The first kappa shape index (κ1) is 33.7. The first-order valence-electron chi connectivity index (χ1n) is 13.0. The number of ether oxygens (including phenoxy) is 2. The summed E-state index contributed by atoms with van der Waals surface area (Å²) in [6, 6.07) is 0. The Morgan fingerprint density at radius 3 is 2.05 bits per heavy atom. The number of allylic oxidation sites excluding steroid dienone is 9. The van der Waals surface area contributed by atoms with Crippen LogP contribution in [0.1, 0.15) is 60.3 Å². The number of halogens is 6. The SMILES string of the molecule is CCOC(=O)c1[nH]n(C2=C(Cl)C=C(Cl)CC2Cl)c(=O)c1CC=Cc1c(C(O)OCC)[nH]n(C2=C(Cl)C=C(Cl)CC2Cl)c1=O. The van der Waals surface area contributed by atoms with E-state index < -0.39 is 34.1 Å². The number of alkyl halides is 2. The van der Waals surface area contributed by atoms with Crippen LogP contribution in [-0.4, -0.2) is 54.6 Å². The van der Waals surface area contributed by atoms with Gasteiger partial charge in [-0.3, -0.25) is 19.8 Å². The lowest BCUT2D eigenvalue weighted by Crippen LogP contribution is -2.25. The maximum atomic E-state index is 13.6. The number of aromatic amines is 2. The number of aliphatic hydroxyl groups is 1. The summed E-state index contributed by atoms with van der Waals surface area (Å²) in [6.45, 7) is 3.50. The maximum absolute atomic E-state index is 13.6. The van der Waals surface area contributed by atoms with Crippen molar-refractivity contribution < 1.29 is 19.4 Å². The normalized spacial score (nSPS) is 20.1. The maximum Gasteiger partial charge on any atom is 0.356 e. The second kappa shape index (κ2) is 14.3. The number of nitrogens with zero attached hydrogens (tertiary/aromatic N) is 2. The molecule has 0 aliphatic heterocycles. The number of H-pyrrole nitrogens is 2. The van der Waals surface area contributed by atoms with Gasteiger partial charge >= 0.3 is 5.97 Å². The summed E-state index contributed by atoms with van der Waals surface area (Å²) in [5, 5.41) is 15.8. The molecule has 2 aliphatic carbocycles. The Balaban J connectivity index is 1.79. The fourth-order valence-corrected chi connectivity index (χ4v) is 6.96. The lowest BCUT2D eigenvalue weighted by Gasteiger charge is -2.19. The predicted molar refractivity (Wildman–Crippen MR) is 170 cm³/mol.